The summed E-state index contributed by atoms with van der Waals surface area (Å²) in [5, 5.41) is 6.40. The van der Waals surface area contributed by atoms with Crippen LogP contribution in [0.4, 0.5) is 4.39 Å². The van der Waals surface area contributed by atoms with E-state index >= 15 is 0 Å². The molecule has 194 valence electrons. The topological polar surface area (TPSA) is 59.0 Å². The van der Waals surface area contributed by atoms with E-state index in [0.717, 1.165) is 11.3 Å². The number of ether oxygens (including phenoxy) is 2. The SMILES string of the molecule is C=N/C(=C\SCNC(C)C)c1cc(OC)c2ccc(OCC3CC(C)(F)CN3C)c(Cl)c2n1.CC. The number of thioether (sulfide) groups is 1. The van der Waals surface area contributed by atoms with Gasteiger partial charge in [-0.1, -0.05) is 39.3 Å². The molecule has 0 saturated carbocycles. The monoisotopic (exact) mass is 524 g/mol. The van der Waals surface area contributed by atoms with Crippen LogP contribution < -0.4 is 14.8 Å². The number of nitrogens with zero attached hydrogens (tertiary/aromatic N) is 3. The molecule has 0 radical (unpaired) electrons. The number of likely N-dealkylation sites (tertiary alicyclic amines) is 1. The molecule has 35 heavy (non-hydrogen) atoms. The quantitative estimate of drug-likeness (QED) is 0.220. The van der Waals surface area contributed by atoms with Crippen molar-refractivity contribution in [3.8, 4) is 11.5 Å². The molecule has 9 heteroatoms. The van der Waals surface area contributed by atoms with Crippen molar-refractivity contribution in [3.05, 3.63) is 34.3 Å². The van der Waals surface area contributed by atoms with Crippen LogP contribution >= 0.6 is 23.4 Å². The Bertz CT molecular complexity index is 1030. The number of hydrogen-bond donors (Lipinski definition) is 1. The molecule has 1 saturated heterocycles. The maximum atomic E-state index is 14.3. The Balaban J connectivity index is 0.00000210. The van der Waals surface area contributed by atoms with E-state index in [2.05, 4.69) is 30.9 Å². The Morgan fingerprint density at radius 3 is 2.71 bits per heavy atom. The highest BCUT2D eigenvalue weighted by atomic mass is 35.5. The normalized spacial score (nSPS) is 20.6. The second-order valence-corrected chi connectivity index (χ2v) is 10.0. The third kappa shape index (κ3) is 7.81. The molecule has 0 spiro atoms. The van der Waals surface area contributed by atoms with Crippen molar-refractivity contribution in [2.45, 2.75) is 58.8 Å². The largest absolute Gasteiger partial charge is 0.496 e. The van der Waals surface area contributed by atoms with E-state index in [9.17, 15) is 4.39 Å². The third-order valence-electron chi connectivity index (χ3n) is 5.56. The fourth-order valence-electron chi connectivity index (χ4n) is 3.87. The zero-order valence-corrected chi connectivity index (χ0v) is 23.4. The highest BCUT2D eigenvalue weighted by Gasteiger charge is 2.39. The van der Waals surface area contributed by atoms with Gasteiger partial charge in [-0.2, -0.15) is 0 Å². The molecular weight excluding hydrogens is 487 g/mol. The molecule has 0 bridgehead atoms. The molecule has 1 aromatic carbocycles. The third-order valence-corrected chi connectivity index (χ3v) is 6.65. The van der Waals surface area contributed by atoms with Crippen LogP contribution in [0.5, 0.6) is 11.5 Å². The van der Waals surface area contributed by atoms with E-state index in [1.165, 1.54) is 0 Å². The zero-order chi connectivity index (χ0) is 26.2. The molecule has 3 rings (SSSR count). The van der Waals surface area contributed by atoms with Gasteiger partial charge in [0.15, 0.2) is 0 Å². The van der Waals surface area contributed by atoms with Gasteiger partial charge in [-0.25, -0.2) is 9.37 Å². The highest BCUT2D eigenvalue weighted by molar-refractivity contribution is 8.02. The summed E-state index contributed by atoms with van der Waals surface area (Å²) in [5.74, 6) is 1.88. The lowest BCUT2D eigenvalue weighted by atomic mass is 10.1. The van der Waals surface area contributed by atoms with Crippen LogP contribution in [0.25, 0.3) is 16.6 Å². The number of rotatable bonds is 10. The van der Waals surface area contributed by atoms with E-state index in [-0.39, 0.29) is 6.04 Å². The number of pyridine rings is 1. The van der Waals surface area contributed by atoms with Crippen molar-refractivity contribution in [1.29, 1.82) is 0 Å². The fourth-order valence-corrected chi connectivity index (χ4v) is 5.00. The molecule has 2 heterocycles. The molecule has 1 aliphatic heterocycles. The molecular formula is C26H38ClFN4O2S. The van der Waals surface area contributed by atoms with Crippen LogP contribution in [-0.4, -0.2) is 67.5 Å². The first kappa shape index (κ1) is 29.4. The average Bonchev–Trinajstić information content (AvgIpc) is 3.10. The minimum absolute atomic E-state index is 0.0171. The number of halogens is 2. The van der Waals surface area contributed by atoms with Gasteiger partial charge in [0.2, 0.25) is 0 Å². The van der Waals surface area contributed by atoms with E-state index in [1.807, 2.05) is 43.3 Å². The first-order valence-electron chi connectivity index (χ1n) is 11.9. The number of aromatic nitrogens is 1. The number of alkyl halides is 1. The first-order valence-corrected chi connectivity index (χ1v) is 13.3. The van der Waals surface area contributed by atoms with Gasteiger partial charge in [-0.3, -0.25) is 9.89 Å². The van der Waals surface area contributed by atoms with Crippen LogP contribution in [0.2, 0.25) is 5.02 Å². The zero-order valence-electron chi connectivity index (χ0n) is 21.8. The van der Waals surface area contributed by atoms with Gasteiger partial charge < -0.3 is 14.8 Å². The molecule has 2 unspecified atom stereocenters. The van der Waals surface area contributed by atoms with Crippen LogP contribution in [0, 0.1) is 0 Å². The minimum atomic E-state index is -1.21. The van der Waals surface area contributed by atoms with Gasteiger partial charge in [0.1, 0.15) is 28.8 Å². The summed E-state index contributed by atoms with van der Waals surface area (Å²) in [4.78, 5) is 10.9. The van der Waals surface area contributed by atoms with E-state index in [1.54, 1.807) is 31.9 Å². The summed E-state index contributed by atoms with van der Waals surface area (Å²) >= 11 is 8.30. The summed E-state index contributed by atoms with van der Waals surface area (Å²) in [7, 11) is 3.51. The van der Waals surface area contributed by atoms with Crippen molar-refractivity contribution in [3.63, 3.8) is 0 Å². The van der Waals surface area contributed by atoms with Gasteiger partial charge >= 0.3 is 0 Å². The van der Waals surface area contributed by atoms with Crippen molar-refractivity contribution in [2.75, 3.05) is 33.2 Å². The van der Waals surface area contributed by atoms with E-state index < -0.39 is 5.67 Å². The molecule has 2 aromatic rings. The Hall–Kier alpha value is -1.87. The number of aliphatic imine (C=N–C) groups is 1. The molecule has 2 atom stereocenters. The van der Waals surface area contributed by atoms with E-state index in [0.29, 0.717) is 59.0 Å². The molecule has 1 aromatic heterocycles. The average molecular weight is 525 g/mol. The van der Waals surface area contributed by atoms with Gasteiger partial charge in [-0.15, -0.1) is 11.8 Å². The lowest BCUT2D eigenvalue weighted by molar-refractivity contribution is 0.194. The van der Waals surface area contributed by atoms with Crippen LogP contribution in [0.1, 0.15) is 46.7 Å². The lowest BCUT2D eigenvalue weighted by Gasteiger charge is -2.20. The van der Waals surface area contributed by atoms with Crippen LogP contribution in [-0.2, 0) is 0 Å². The first-order chi connectivity index (χ1) is 16.6. The standard InChI is InChI=1S/C24H32ClFN4O2S.C2H6/c1-15(2)28-14-33-12-19(27-4)18-9-21(31-6)17-7-8-20(22(25)23(17)29-18)32-11-16-10-24(3,26)13-30(16)5;1-2/h7-9,12,15-16,28H,4,10-11,13-14H2,1-3,5-6H3;1-2H3/b19-12-;. The molecule has 1 fully saturated rings. The summed E-state index contributed by atoms with van der Waals surface area (Å²) in [6, 6.07) is 5.87. The number of benzene rings is 1. The van der Waals surface area contributed by atoms with Gasteiger partial charge in [-0.05, 0) is 32.8 Å². The number of fused-ring (bicyclic) bond motifs is 1. The second kappa shape index (κ2) is 13.4. The maximum absolute atomic E-state index is 14.3. The van der Waals surface area contributed by atoms with Gasteiger partial charge in [0.05, 0.1) is 24.0 Å². The lowest BCUT2D eigenvalue weighted by Crippen LogP contribution is -2.30. The number of nitrogens with one attached hydrogen (secondary N) is 1. The Morgan fingerprint density at radius 2 is 2.14 bits per heavy atom. The molecule has 1 aliphatic rings. The highest BCUT2D eigenvalue weighted by Crippen LogP contribution is 2.38. The Kier molecular flexibility index (Phi) is 11.3. The maximum Gasteiger partial charge on any atom is 0.140 e. The summed E-state index contributed by atoms with van der Waals surface area (Å²) in [6.45, 7) is 14.2. The Morgan fingerprint density at radius 1 is 1.43 bits per heavy atom. The number of hydrogen-bond acceptors (Lipinski definition) is 7. The predicted octanol–water partition coefficient (Wildman–Crippen LogP) is 6.42. The van der Waals surface area contributed by atoms with Crippen molar-refractivity contribution in [1.82, 2.24) is 15.2 Å². The van der Waals surface area contributed by atoms with Gasteiger partial charge in [0.25, 0.3) is 0 Å². The molecule has 0 aliphatic carbocycles. The summed E-state index contributed by atoms with van der Waals surface area (Å²) < 4.78 is 25.9. The van der Waals surface area contributed by atoms with Crippen LogP contribution in [0.3, 0.4) is 0 Å². The molecule has 1 N–H and O–H groups in total. The number of methoxy groups -OCH3 is 1. The van der Waals surface area contributed by atoms with Crippen molar-refractivity contribution in [2.24, 2.45) is 4.99 Å². The predicted molar refractivity (Wildman–Crippen MR) is 149 cm³/mol. The Labute approximate surface area is 218 Å². The molecule has 6 nitrogen and oxygen atoms in total. The van der Waals surface area contributed by atoms with Crippen LogP contribution in [0.15, 0.2) is 28.6 Å². The van der Waals surface area contributed by atoms with Crippen molar-refractivity contribution >= 4 is 46.7 Å². The van der Waals surface area contributed by atoms with Gasteiger partial charge in [0, 0.05) is 47.8 Å². The smallest absolute Gasteiger partial charge is 0.140 e. The minimum Gasteiger partial charge on any atom is -0.496 e. The summed E-state index contributed by atoms with van der Waals surface area (Å²) in [5.41, 5.74) is 0.582. The second-order valence-electron chi connectivity index (χ2n) is 8.81. The van der Waals surface area contributed by atoms with Crippen molar-refractivity contribution < 1.29 is 13.9 Å². The van der Waals surface area contributed by atoms with E-state index in [4.69, 9.17) is 26.1 Å². The number of likely N-dealkylation sites (N-methyl/N-ethyl adjacent to an activating group) is 1. The fraction of sp³-hybridized carbons (Fsp3) is 0.538. The molecule has 0 amide bonds. The summed E-state index contributed by atoms with van der Waals surface area (Å²) in [6.07, 6.45) is 0.424.